The first-order chi connectivity index (χ1) is 9.80. The maximum atomic E-state index is 11.9. The van der Waals surface area contributed by atoms with Gasteiger partial charge in [0.05, 0.1) is 13.0 Å². The molecule has 0 aliphatic heterocycles. The molecule has 4 heteroatoms. The second kappa shape index (κ2) is 7.81. The Balaban J connectivity index is 2.38. The number of ether oxygens (including phenoxy) is 2. The lowest BCUT2D eigenvalue weighted by atomic mass is 10.1. The fraction of sp³-hybridized carbons (Fsp3) is 0.529. The van der Waals surface area contributed by atoms with Crippen molar-refractivity contribution in [1.82, 2.24) is 0 Å². The zero-order valence-electron chi connectivity index (χ0n) is 13.3. The molecule has 0 radical (unpaired) electrons. The Morgan fingerprint density at radius 2 is 1.67 bits per heavy atom. The molecule has 0 heterocycles. The van der Waals surface area contributed by atoms with Crippen LogP contribution in [0.2, 0.25) is 0 Å². The molecule has 0 aliphatic rings. The monoisotopic (exact) mass is 292 g/mol. The summed E-state index contributed by atoms with van der Waals surface area (Å²) in [7, 11) is 0. The van der Waals surface area contributed by atoms with Gasteiger partial charge >= 0.3 is 5.97 Å². The Kier molecular flexibility index (Phi) is 6.40. The van der Waals surface area contributed by atoms with Crippen molar-refractivity contribution < 1.29 is 19.1 Å². The largest absolute Gasteiger partial charge is 0.494 e. The second-order valence-electron chi connectivity index (χ2n) is 5.88. The van der Waals surface area contributed by atoms with Gasteiger partial charge in [-0.25, -0.2) is 0 Å². The van der Waals surface area contributed by atoms with E-state index in [0.717, 1.165) is 11.3 Å². The van der Waals surface area contributed by atoms with E-state index in [0.29, 0.717) is 13.0 Å². The van der Waals surface area contributed by atoms with Gasteiger partial charge in [-0.15, -0.1) is 0 Å². The van der Waals surface area contributed by atoms with Crippen LogP contribution in [0.3, 0.4) is 0 Å². The smallest absolute Gasteiger partial charge is 0.306 e. The van der Waals surface area contributed by atoms with Crippen LogP contribution in [0.1, 0.15) is 46.1 Å². The number of hydrogen-bond donors (Lipinski definition) is 0. The molecular weight excluding hydrogens is 268 g/mol. The van der Waals surface area contributed by atoms with Crippen LogP contribution >= 0.6 is 0 Å². The molecule has 1 aromatic carbocycles. The van der Waals surface area contributed by atoms with Crippen LogP contribution in [0.25, 0.3) is 0 Å². The number of Topliss-reactive ketones (excluding diaryl/α,β-unsaturated/α-hetero) is 1. The van der Waals surface area contributed by atoms with Crippen molar-refractivity contribution in [2.75, 3.05) is 6.61 Å². The van der Waals surface area contributed by atoms with E-state index < -0.39 is 5.60 Å². The zero-order chi connectivity index (χ0) is 15.9. The van der Waals surface area contributed by atoms with Crippen LogP contribution in [0.4, 0.5) is 0 Å². The van der Waals surface area contributed by atoms with Gasteiger partial charge in [0.2, 0.25) is 0 Å². The number of ketones is 1. The van der Waals surface area contributed by atoms with E-state index in [9.17, 15) is 9.59 Å². The maximum Gasteiger partial charge on any atom is 0.306 e. The molecule has 0 saturated carbocycles. The molecule has 1 aromatic rings. The summed E-state index contributed by atoms with van der Waals surface area (Å²) in [5.74, 6) is 0.495. The van der Waals surface area contributed by atoms with E-state index in [4.69, 9.17) is 9.47 Å². The van der Waals surface area contributed by atoms with E-state index in [2.05, 4.69) is 0 Å². The molecule has 0 spiro atoms. The van der Waals surface area contributed by atoms with Crippen molar-refractivity contribution in [1.29, 1.82) is 0 Å². The maximum absolute atomic E-state index is 11.9. The second-order valence-corrected chi connectivity index (χ2v) is 5.88. The summed E-state index contributed by atoms with van der Waals surface area (Å²) in [5, 5.41) is 0. The van der Waals surface area contributed by atoms with Crippen LogP contribution in [0.15, 0.2) is 24.3 Å². The standard InChI is InChI=1S/C17H24O4/c1-5-20-15-9-6-13(7-10-15)12-14(18)8-11-16(19)21-17(2,3)4/h6-7,9-10H,5,8,11-12H2,1-4H3. The summed E-state index contributed by atoms with van der Waals surface area (Å²) in [6.07, 6.45) is 0.671. The zero-order valence-corrected chi connectivity index (χ0v) is 13.3. The number of carbonyl (C=O) groups excluding carboxylic acids is 2. The summed E-state index contributed by atoms with van der Waals surface area (Å²) >= 11 is 0. The molecule has 4 nitrogen and oxygen atoms in total. The fourth-order valence-electron chi connectivity index (χ4n) is 1.82. The van der Waals surface area contributed by atoms with E-state index in [1.54, 1.807) is 0 Å². The van der Waals surface area contributed by atoms with E-state index in [-0.39, 0.29) is 24.6 Å². The van der Waals surface area contributed by atoms with Crippen LogP contribution in [0, 0.1) is 0 Å². The molecule has 0 bridgehead atoms. The van der Waals surface area contributed by atoms with Gasteiger partial charge in [-0.3, -0.25) is 9.59 Å². The molecule has 0 N–H and O–H groups in total. The highest BCUT2D eigenvalue weighted by Crippen LogP contribution is 2.14. The molecule has 116 valence electrons. The summed E-state index contributed by atoms with van der Waals surface area (Å²) in [6, 6.07) is 7.44. The summed E-state index contributed by atoms with van der Waals surface area (Å²) in [5.41, 5.74) is 0.419. The predicted octanol–water partition coefficient (Wildman–Crippen LogP) is 3.32. The summed E-state index contributed by atoms with van der Waals surface area (Å²) in [4.78, 5) is 23.4. The third-order valence-corrected chi connectivity index (χ3v) is 2.66. The number of rotatable bonds is 7. The average Bonchev–Trinajstić information content (AvgIpc) is 2.37. The van der Waals surface area contributed by atoms with Crippen molar-refractivity contribution >= 4 is 11.8 Å². The van der Waals surface area contributed by atoms with Crippen LogP contribution in [-0.4, -0.2) is 24.0 Å². The molecule has 0 aliphatic carbocycles. The quantitative estimate of drug-likeness (QED) is 0.723. The molecular formula is C17H24O4. The molecule has 1 rings (SSSR count). The Labute approximate surface area is 126 Å². The van der Waals surface area contributed by atoms with Crippen LogP contribution < -0.4 is 4.74 Å². The Bertz CT molecular complexity index is 469. The van der Waals surface area contributed by atoms with Crippen molar-refractivity contribution in [3.8, 4) is 5.75 Å². The van der Waals surface area contributed by atoms with Crippen molar-refractivity contribution in [2.24, 2.45) is 0 Å². The third-order valence-electron chi connectivity index (χ3n) is 2.66. The highest BCUT2D eigenvalue weighted by Gasteiger charge is 2.17. The van der Waals surface area contributed by atoms with Gasteiger partial charge in [-0.05, 0) is 45.4 Å². The number of hydrogen-bond acceptors (Lipinski definition) is 4. The predicted molar refractivity (Wildman–Crippen MR) is 81.4 cm³/mol. The Hall–Kier alpha value is -1.84. The average molecular weight is 292 g/mol. The highest BCUT2D eigenvalue weighted by atomic mass is 16.6. The number of benzene rings is 1. The van der Waals surface area contributed by atoms with Gasteiger partial charge in [0.15, 0.2) is 0 Å². The Morgan fingerprint density at radius 1 is 1.05 bits per heavy atom. The first kappa shape index (κ1) is 17.2. The minimum atomic E-state index is -0.505. The lowest BCUT2D eigenvalue weighted by molar-refractivity contribution is -0.155. The number of carbonyl (C=O) groups is 2. The SMILES string of the molecule is CCOc1ccc(CC(=O)CCC(=O)OC(C)(C)C)cc1. The van der Waals surface area contributed by atoms with Crippen LogP contribution in [0.5, 0.6) is 5.75 Å². The van der Waals surface area contributed by atoms with E-state index >= 15 is 0 Å². The molecule has 0 amide bonds. The summed E-state index contributed by atoms with van der Waals surface area (Å²) in [6.45, 7) is 7.98. The van der Waals surface area contributed by atoms with Gasteiger partial charge in [0.1, 0.15) is 17.1 Å². The van der Waals surface area contributed by atoms with Crippen molar-refractivity contribution in [2.45, 2.75) is 52.6 Å². The first-order valence-electron chi connectivity index (χ1n) is 7.25. The molecule has 0 unspecified atom stereocenters. The molecule has 0 atom stereocenters. The molecule has 0 fully saturated rings. The fourth-order valence-corrected chi connectivity index (χ4v) is 1.82. The van der Waals surface area contributed by atoms with E-state index in [1.165, 1.54) is 0 Å². The number of esters is 1. The van der Waals surface area contributed by atoms with Gasteiger partial charge in [0, 0.05) is 12.8 Å². The van der Waals surface area contributed by atoms with Crippen molar-refractivity contribution in [3.05, 3.63) is 29.8 Å². The normalized spacial score (nSPS) is 11.0. The van der Waals surface area contributed by atoms with Gasteiger partial charge in [-0.2, -0.15) is 0 Å². The lowest BCUT2D eigenvalue weighted by Crippen LogP contribution is -2.24. The first-order valence-corrected chi connectivity index (χ1v) is 7.25. The minimum Gasteiger partial charge on any atom is -0.494 e. The molecule has 21 heavy (non-hydrogen) atoms. The topological polar surface area (TPSA) is 52.6 Å². The molecule has 0 saturated heterocycles. The molecule has 0 aromatic heterocycles. The van der Waals surface area contributed by atoms with Gasteiger partial charge in [-0.1, -0.05) is 12.1 Å². The highest BCUT2D eigenvalue weighted by molar-refractivity contribution is 5.84. The van der Waals surface area contributed by atoms with Gasteiger partial charge in [0.25, 0.3) is 0 Å². The Morgan fingerprint density at radius 3 is 2.19 bits per heavy atom. The minimum absolute atomic E-state index is 0.0324. The lowest BCUT2D eigenvalue weighted by Gasteiger charge is -2.19. The van der Waals surface area contributed by atoms with Gasteiger partial charge < -0.3 is 9.47 Å². The summed E-state index contributed by atoms with van der Waals surface area (Å²) < 4.78 is 10.5. The van der Waals surface area contributed by atoms with E-state index in [1.807, 2.05) is 52.0 Å². The third kappa shape index (κ3) is 7.49. The van der Waals surface area contributed by atoms with Crippen molar-refractivity contribution in [3.63, 3.8) is 0 Å². The van der Waals surface area contributed by atoms with Crippen LogP contribution in [-0.2, 0) is 20.7 Å².